The Morgan fingerprint density at radius 1 is 0.846 bits per heavy atom. The van der Waals surface area contributed by atoms with E-state index in [4.69, 9.17) is 0 Å². The molecular weight excluding hydrogens is 330 g/mol. The van der Waals surface area contributed by atoms with Crippen LogP contribution in [-0.2, 0) is 4.79 Å². The van der Waals surface area contributed by atoms with Gasteiger partial charge in [0.15, 0.2) is 0 Å². The van der Waals surface area contributed by atoms with Crippen LogP contribution in [0, 0.1) is 0 Å². The van der Waals surface area contributed by atoms with Crippen molar-refractivity contribution >= 4 is 29.1 Å². The van der Waals surface area contributed by atoms with Gasteiger partial charge in [-0.1, -0.05) is 12.1 Å². The summed E-state index contributed by atoms with van der Waals surface area (Å²) in [6.07, 6.45) is 0. The summed E-state index contributed by atoms with van der Waals surface area (Å²) in [5.41, 5.74) is 2.03. The van der Waals surface area contributed by atoms with Crippen LogP contribution in [0.4, 0.5) is 11.4 Å². The SMILES string of the molecule is CCN(CC)C(=O)c1cccc(NC(=O)c2cccc(NC(C)=O)c2)c1. The van der Waals surface area contributed by atoms with E-state index >= 15 is 0 Å². The summed E-state index contributed by atoms with van der Waals surface area (Å²) in [4.78, 5) is 37.8. The number of hydrogen-bond acceptors (Lipinski definition) is 3. The number of benzene rings is 2. The van der Waals surface area contributed by atoms with Crippen LogP contribution in [0.2, 0.25) is 0 Å². The Kier molecular flexibility index (Phi) is 6.49. The average molecular weight is 353 g/mol. The number of anilines is 2. The van der Waals surface area contributed by atoms with Crippen molar-refractivity contribution in [3.8, 4) is 0 Å². The topological polar surface area (TPSA) is 78.5 Å². The Morgan fingerprint density at radius 2 is 1.38 bits per heavy atom. The highest BCUT2D eigenvalue weighted by atomic mass is 16.2. The van der Waals surface area contributed by atoms with Crippen molar-refractivity contribution in [1.82, 2.24) is 4.90 Å². The second kappa shape index (κ2) is 8.80. The third kappa shape index (κ3) is 4.92. The lowest BCUT2D eigenvalue weighted by atomic mass is 10.1. The summed E-state index contributed by atoms with van der Waals surface area (Å²) >= 11 is 0. The fourth-order valence-electron chi connectivity index (χ4n) is 2.57. The standard InChI is InChI=1S/C20H23N3O3/c1-4-23(5-2)20(26)16-9-7-11-18(13-16)22-19(25)15-8-6-10-17(12-15)21-14(3)24/h6-13H,4-5H2,1-3H3,(H,21,24)(H,22,25). The highest BCUT2D eigenvalue weighted by Crippen LogP contribution is 2.16. The van der Waals surface area contributed by atoms with E-state index in [9.17, 15) is 14.4 Å². The minimum atomic E-state index is -0.315. The van der Waals surface area contributed by atoms with E-state index < -0.39 is 0 Å². The quantitative estimate of drug-likeness (QED) is 0.836. The van der Waals surface area contributed by atoms with Crippen molar-refractivity contribution in [3.63, 3.8) is 0 Å². The molecule has 2 rings (SSSR count). The average Bonchev–Trinajstić information content (AvgIpc) is 2.62. The fraction of sp³-hybridized carbons (Fsp3) is 0.250. The molecule has 0 aliphatic carbocycles. The van der Waals surface area contributed by atoms with Crippen LogP contribution in [0.5, 0.6) is 0 Å². The van der Waals surface area contributed by atoms with Gasteiger partial charge >= 0.3 is 0 Å². The molecular formula is C20H23N3O3. The molecule has 6 nitrogen and oxygen atoms in total. The predicted octanol–water partition coefficient (Wildman–Crippen LogP) is 3.38. The normalized spacial score (nSPS) is 10.1. The van der Waals surface area contributed by atoms with E-state index in [-0.39, 0.29) is 17.7 Å². The van der Waals surface area contributed by atoms with Gasteiger partial charge in [0, 0.05) is 42.5 Å². The molecule has 26 heavy (non-hydrogen) atoms. The second-order valence-electron chi connectivity index (χ2n) is 5.77. The minimum Gasteiger partial charge on any atom is -0.339 e. The second-order valence-corrected chi connectivity index (χ2v) is 5.77. The first-order valence-electron chi connectivity index (χ1n) is 8.53. The lowest BCUT2D eigenvalue weighted by Crippen LogP contribution is -2.30. The van der Waals surface area contributed by atoms with Crippen LogP contribution >= 0.6 is 0 Å². The van der Waals surface area contributed by atoms with Gasteiger partial charge in [-0.3, -0.25) is 14.4 Å². The van der Waals surface area contributed by atoms with Crippen LogP contribution < -0.4 is 10.6 Å². The fourth-order valence-corrected chi connectivity index (χ4v) is 2.57. The maximum absolute atomic E-state index is 12.5. The van der Waals surface area contributed by atoms with E-state index in [1.165, 1.54) is 6.92 Å². The van der Waals surface area contributed by atoms with E-state index in [2.05, 4.69) is 10.6 Å². The van der Waals surface area contributed by atoms with E-state index in [0.29, 0.717) is 35.6 Å². The Bertz CT molecular complexity index is 813. The van der Waals surface area contributed by atoms with Gasteiger partial charge in [-0.25, -0.2) is 0 Å². The number of hydrogen-bond donors (Lipinski definition) is 2. The zero-order chi connectivity index (χ0) is 19.1. The Morgan fingerprint density at radius 3 is 1.96 bits per heavy atom. The Balaban J connectivity index is 2.16. The maximum Gasteiger partial charge on any atom is 0.255 e. The molecule has 0 radical (unpaired) electrons. The first kappa shape index (κ1) is 19.2. The van der Waals surface area contributed by atoms with E-state index in [1.54, 1.807) is 53.4 Å². The molecule has 0 aromatic heterocycles. The van der Waals surface area contributed by atoms with Crippen molar-refractivity contribution in [2.45, 2.75) is 20.8 Å². The Labute approximate surface area is 153 Å². The monoisotopic (exact) mass is 353 g/mol. The van der Waals surface area contributed by atoms with Gasteiger partial charge < -0.3 is 15.5 Å². The highest BCUT2D eigenvalue weighted by molar-refractivity contribution is 6.06. The molecule has 136 valence electrons. The molecule has 2 N–H and O–H groups in total. The van der Waals surface area contributed by atoms with Gasteiger partial charge in [-0.2, -0.15) is 0 Å². The Hall–Kier alpha value is -3.15. The molecule has 2 aromatic carbocycles. The molecule has 0 aliphatic rings. The van der Waals surface area contributed by atoms with Crippen LogP contribution in [0.1, 0.15) is 41.5 Å². The predicted molar refractivity (Wildman–Crippen MR) is 102 cm³/mol. The number of amides is 3. The van der Waals surface area contributed by atoms with Crippen LogP contribution in [0.15, 0.2) is 48.5 Å². The molecule has 2 aromatic rings. The first-order chi connectivity index (χ1) is 12.4. The van der Waals surface area contributed by atoms with Gasteiger partial charge in [-0.05, 0) is 50.2 Å². The molecule has 0 spiro atoms. The molecule has 0 atom stereocenters. The summed E-state index contributed by atoms with van der Waals surface area (Å²) in [6, 6.07) is 13.5. The third-order valence-corrected chi connectivity index (χ3v) is 3.86. The largest absolute Gasteiger partial charge is 0.339 e. The summed E-state index contributed by atoms with van der Waals surface area (Å²) in [7, 11) is 0. The lowest BCUT2D eigenvalue weighted by Gasteiger charge is -2.19. The van der Waals surface area contributed by atoms with Crippen LogP contribution in [0.3, 0.4) is 0 Å². The lowest BCUT2D eigenvalue weighted by molar-refractivity contribution is -0.114. The molecule has 0 aliphatic heterocycles. The molecule has 0 saturated carbocycles. The summed E-state index contributed by atoms with van der Waals surface area (Å²) in [5.74, 6) is -0.589. The minimum absolute atomic E-state index is 0.0706. The zero-order valence-electron chi connectivity index (χ0n) is 15.2. The molecule has 0 heterocycles. The zero-order valence-corrected chi connectivity index (χ0v) is 15.2. The number of nitrogens with zero attached hydrogens (tertiary/aromatic N) is 1. The highest BCUT2D eigenvalue weighted by Gasteiger charge is 2.14. The van der Waals surface area contributed by atoms with Gasteiger partial charge in [-0.15, -0.1) is 0 Å². The van der Waals surface area contributed by atoms with Crippen LogP contribution in [0.25, 0.3) is 0 Å². The molecule has 6 heteroatoms. The van der Waals surface area contributed by atoms with E-state index in [1.807, 2.05) is 13.8 Å². The first-order valence-corrected chi connectivity index (χ1v) is 8.53. The van der Waals surface area contributed by atoms with Crippen molar-refractivity contribution < 1.29 is 14.4 Å². The van der Waals surface area contributed by atoms with Gasteiger partial charge in [0.1, 0.15) is 0 Å². The molecule has 0 unspecified atom stereocenters. The van der Waals surface area contributed by atoms with Gasteiger partial charge in [0.05, 0.1) is 0 Å². The third-order valence-electron chi connectivity index (χ3n) is 3.86. The summed E-state index contributed by atoms with van der Waals surface area (Å²) < 4.78 is 0. The number of rotatable bonds is 6. The van der Waals surface area contributed by atoms with E-state index in [0.717, 1.165) is 0 Å². The molecule has 3 amide bonds. The summed E-state index contributed by atoms with van der Waals surface area (Å²) in [6.45, 7) is 6.51. The van der Waals surface area contributed by atoms with Crippen LogP contribution in [-0.4, -0.2) is 35.7 Å². The molecule has 0 bridgehead atoms. The van der Waals surface area contributed by atoms with Gasteiger partial charge in [0.25, 0.3) is 11.8 Å². The number of carbonyl (C=O) groups is 3. The summed E-state index contributed by atoms with van der Waals surface area (Å²) in [5, 5.41) is 5.43. The number of carbonyl (C=O) groups excluding carboxylic acids is 3. The smallest absolute Gasteiger partial charge is 0.255 e. The van der Waals surface area contributed by atoms with Crippen molar-refractivity contribution in [2.24, 2.45) is 0 Å². The molecule has 0 fully saturated rings. The van der Waals surface area contributed by atoms with Gasteiger partial charge in [0.2, 0.25) is 5.91 Å². The maximum atomic E-state index is 12.5. The van der Waals surface area contributed by atoms with Crippen molar-refractivity contribution in [2.75, 3.05) is 23.7 Å². The van der Waals surface area contributed by atoms with Crippen molar-refractivity contribution in [1.29, 1.82) is 0 Å². The number of nitrogens with one attached hydrogen (secondary N) is 2. The molecule has 0 saturated heterocycles. The van der Waals surface area contributed by atoms with Crippen molar-refractivity contribution in [3.05, 3.63) is 59.7 Å².